The Morgan fingerprint density at radius 1 is 0.224 bits per heavy atom. The highest BCUT2D eigenvalue weighted by atomic mass is 16.8. The van der Waals surface area contributed by atoms with Crippen LogP contribution in [0.3, 0.4) is 0 Å². The summed E-state index contributed by atoms with van der Waals surface area (Å²) in [5.74, 6) is -4.53. The average Bonchev–Trinajstić information content (AvgIpc) is 0.767. The number of amides is 5. The summed E-state index contributed by atoms with van der Waals surface area (Å²) in [6, 6.07) is -9.23. The first-order valence-electron chi connectivity index (χ1n) is 40.0. The zero-order valence-electron chi connectivity index (χ0n) is 67.7. The molecular weight excluding hydrogens is 1710 g/mol. The second-order valence-electron chi connectivity index (χ2n) is 31.8. The van der Waals surface area contributed by atoms with Crippen LogP contribution in [0.15, 0.2) is 0 Å². The van der Waals surface area contributed by atoms with E-state index < -0.39 is 396 Å². The van der Waals surface area contributed by atoms with Gasteiger partial charge in [-0.3, -0.25) is 24.0 Å². The average molecular weight is 1830 g/mol. The lowest BCUT2D eigenvalue weighted by molar-refractivity contribution is -0.400. The van der Waals surface area contributed by atoms with Gasteiger partial charge in [0.1, 0.15) is 238 Å². The molecule has 722 valence electrons. The first kappa shape index (κ1) is 103. The van der Waals surface area contributed by atoms with Gasteiger partial charge in [-0.1, -0.05) is 0 Å². The van der Waals surface area contributed by atoms with E-state index in [0.29, 0.717) is 0 Å². The van der Waals surface area contributed by atoms with Crippen LogP contribution in [0, 0.1) is 0 Å². The van der Waals surface area contributed by atoms with Crippen LogP contribution in [0.5, 0.6) is 0 Å². The molecule has 5 amide bonds. The van der Waals surface area contributed by atoms with Crippen molar-refractivity contribution >= 4 is 29.5 Å². The Morgan fingerprint density at radius 2 is 0.504 bits per heavy atom. The van der Waals surface area contributed by atoms with Crippen LogP contribution in [-0.4, -0.2) is 529 Å². The largest absolute Gasteiger partial charge is 0.394 e. The van der Waals surface area contributed by atoms with Gasteiger partial charge in [-0.2, -0.15) is 0 Å². The fourth-order valence-electron chi connectivity index (χ4n) is 16.1. The Balaban J connectivity index is 1.03. The molecule has 0 bridgehead atoms. The van der Waals surface area contributed by atoms with E-state index in [2.05, 4.69) is 26.6 Å². The predicted molar refractivity (Wildman–Crippen MR) is 386 cm³/mol. The van der Waals surface area contributed by atoms with E-state index in [1.54, 1.807) is 0 Å². The van der Waals surface area contributed by atoms with Gasteiger partial charge in [-0.15, -0.1) is 0 Å². The van der Waals surface area contributed by atoms with Gasteiger partial charge < -0.3 is 249 Å². The summed E-state index contributed by atoms with van der Waals surface area (Å²) in [7, 11) is 0. The SMILES string of the molecule is CC(=O)N[C@H]1[C@H](O[C@H]2[C@H](O)[C@@H](NC(C)=O)C(O)O[C@@H]2CO)O[C@H](CO)[C@@H](O[C@@H]2O[C@H](CO[C@H]3O[C@H](CO[C@@H]4O[C@H](CO)[C@@H](O)[C@H](O)[C@H]4NC(C)=O)[C@@H](O)[C@H](O)[C@@H]3O[C@@H]3O[C@H](CO)[C@@H](O)[C@H](O)[C@H]3NC(C)=O)[C@@H](O)[C@H](O[C@H]3O[C@H](CO)[C@@H](O)[C@H](O)[C@@H]3O[C@@H]3O[C@H](CO[C@@H]4O[C@@H](C)[C@@H](O)[C@@H](O)[C@@H]4O)[C@@H](O[C@@H]4O[C@H](CO)[C@H](O)[C@H](O)[C@H]4O)[C@H](O)[C@H]3NC(C)=O)[C@@H]2O)[C@@H]1O. The molecule has 0 aromatic heterocycles. The number of carbonyl (C=O) groups excluding carboxylic acids is 5. The molecule has 10 aliphatic heterocycles. The van der Waals surface area contributed by atoms with Crippen molar-refractivity contribution in [1.82, 2.24) is 26.6 Å². The Kier molecular flexibility index (Phi) is 36.8. The maximum absolute atomic E-state index is 13.3. The van der Waals surface area contributed by atoms with Crippen molar-refractivity contribution < 1.29 is 247 Å². The first-order chi connectivity index (χ1) is 59.0. The molecule has 10 fully saturated rings. The highest BCUT2D eigenvalue weighted by Crippen LogP contribution is 2.41. The van der Waals surface area contributed by atoms with E-state index in [-0.39, 0.29) is 0 Å². The molecule has 125 heavy (non-hydrogen) atoms. The van der Waals surface area contributed by atoms with E-state index in [4.69, 9.17) is 90.0 Å². The number of rotatable bonds is 32. The molecule has 0 aromatic carbocycles. The van der Waals surface area contributed by atoms with Gasteiger partial charge in [0.05, 0.1) is 65.6 Å². The molecule has 10 heterocycles. The van der Waals surface area contributed by atoms with Crippen LogP contribution in [0.25, 0.3) is 0 Å². The monoisotopic (exact) mass is 1830 g/mol. The molecule has 55 heteroatoms. The van der Waals surface area contributed by atoms with Crippen molar-refractivity contribution in [2.75, 3.05) is 59.5 Å². The lowest BCUT2D eigenvalue weighted by atomic mass is 9.93. The number of aliphatic hydroxyl groups is 26. The topological polar surface area (TPSA) is 847 Å². The first-order valence-corrected chi connectivity index (χ1v) is 40.0. The summed E-state index contributed by atoms with van der Waals surface area (Å²) in [5.41, 5.74) is 0. The van der Waals surface area contributed by atoms with E-state index in [9.17, 15) is 157 Å². The maximum Gasteiger partial charge on any atom is 0.217 e. The van der Waals surface area contributed by atoms with Crippen molar-refractivity contribution in [2.45, 2.75) is 348 Å². The molecule has 10 aliphatic rings. The second-order valence-corrected chi connectivity index (χ2v) is 31.8. The minimum atomic E-state index is -2.66. The fourth-order valence-corrected chi connectivity index (χ4v) is 16.1. The van der Waals surface area contributed by atoms with E-state index in [1.807, 2.05) is 0 Å². The fraction of sp³-hybridized carbons (Fsp3) is 0.929. The Hall–Kier alpha value is -4.45. The van der Waals surface area contributed by atoms with Crippen molar-refractivity contribution in [3.05, 3.63) is 0 Å². The second kappa shape index (κ2) is 44.9. The molecule has 10 rings (SSSR count). The van der Waals surface area contributed by atoms with Gasteiger partial charge in [-0.05, 0) is 6.92 Å². The van der Waals surface area contributed by atoms with Gasteiger partial charge in [-0.25, -0.2) is 0 Å². The van der Waals surface area contributed by atoms with Gasteiger partial charge in [0.2, 0.25) is 29.5 Å². The molecule has 55 nitrogen and oxygen atoms in total. The summed E-state index contributed by atoms with van der Waals surface area (Å²) in [5, 5.41) is 305. The van der Waals surface area contributed by atoms with Crippen molar-refractivity contribution in [3.63, 3.8) is 0 Å². The number of hydrogen-bond donors (Lipinski definition) is 31. The van der Waals surface area contributed by atoms with Crippen molar-refractivity contribution in [2.24, 2.45) is 0 Å². The van der Waals surface area contributed by atoms with Crippen LogP contribution in [0.4, 0.5) is 0 Å². The van der Waals surface area contributed by atoms with Crippen LogP contribution >= 0.6 is 0 Å². The third-order valence-corrected chi connectivity index (χ3v) is 22.8. The van der Waals surface area contributed by atoms with Gasteiger partial charge in [0.15, 0.2) is 62.9 Å². The van der Waals surface area contributed by atoms with Crippen LogP contribution in [0.1, 0.15) is 41.5 Å². The Morgan fingerprint density at radius 3 is 0.984 bits per heavy atom. The number of hydrogen-bond acceptors (Lipinski definition) is 50. The van der Waals surface area contributed by atoms with Crippen molar-refractivity contribution in [1.29, 1.82) is 0 Å². The van der Waals surface area contributed by atoms with Crippen molar-refractivity contribution in [3.8, 4) is 0 Å². The molecule has 0 saturated carbocycles. The summed E-state index contributed by atoms with van der Waals surface area (Å²) >= 11 is 0. The third-order valence-electron chi connectivity index (χ3n) is 22.8. The molecule has 1 unspecified atom stereocenters. The molecular formula is C70H117N5O50. The van der Waals surface area contributed by atoms with Crippen LogP contribution in [-0.2, 0) is 114 Å². The third kappa shape index (κ3) is 23.3. The highest BCUT2D eigenvalue weighted by Gasteiger charge is 2.62. The summed E-state index contributed by atoms with van der Waals surface area (Å²) < 4.78 is 114. The summed E-state index contributed by atoms with van der Waals surface area (Å²) in [4.78, 5) is 63.8. The van der Waals surface area contributed by atoms with E-state index in [0.717, 1.165) is 34.6 Å². The molecule has 0 radical (unpaired) electrons. The summed E-state index contributed by atoms with van der Waals surface area (Å²) in [6.45, 7) is -3.79. The van der Waals surface area contributed by atoms with E-state index in [1.165, 1.54) is 6.92 Å². The minimum absolute atomic E-state index is 0.808. The number of carbonyl (C=O) groups is 5. The number of aliphatic hydroxyl groups excluding tert-OH is 26. The normalized spacial score (nSPS) is 48.7. The molecule has 0 aromatic rings. The zero-order chi connectivity index (χ0) is 92.1. The maximum atomic E-state index is 13.3. The summed E-state index contributed by atoms with van der Waals surface area (Å²) in [6.07, 6.45) is -94.6. The quantitative estimate of drug-likeness (QED) is 0.0297. The van der Waals surface area contributed by atoms with Gasteiger partial charge in [0.25, 0.3) is 0 Å². The molecule has 31 N–H and O–H groups in total. The van der Waals surface area contributed by atoms with E-state index >= 15 is 0 Å². The minimum Gasteiger partial charge on any atom is -0.394 e. The molecule has 0 aliphatic carbocycles. The predicted octanol–water partition coefficient (Wildman–Crippen LogP) is -21.1. The van der Waals surface area contributed by atoms with Crippen LogP contribution < -0.4 is 26.6 Å². The van der Waals surface area contributed by atoms with Gasteiger partial charge in [0, 0.05) is 34.6 Å². The molecule has 10 saturated heterocycles. The Bertz CT molecular complexity index is 3420. The molecule has 50 atom stereocenters. The standard InChI is InChI=1S/C70H117N5O50/c1-16-36(87)48(99)52(103)66(110-16)108-15-30-57(122-67-53(104)49(100)39(90)24(9-78)114-67)47(98)35(75-21(6)86)65(119-30)125-60-50(101)40(91)25(10-79)115-70(60)123-58-42(93)29(117-68(54(58)105)121-56-27(12-81)116-64(34(46(56)97)74-20(5)85)120-55-26(11-80)111-61(106)31(45(55)96)71-17(2)82)14-109-69-59(124-63-33(73-19(4)84)44(95)38(89)23(8-77)113-63)51(102)41(92)28(118-69)13-107-62-32(72-18(3)83)43(94)37(88)22(7-76)112-62/h16,22-70,76-81,87-106H,7-15H2,1-6H3,(H,71,82)(H,72,83)(H,73,84)(H,74,85)(H,75,86)/t16-,22+,23+,24+,25+,26+,27+,28+,29+,30+,31+,32+,33+,34+,35+,36+,37+,38+,39-,40+,41+,42+,43+,44+,45+,46+,47+,48+,49-,50-,51-,52-,53+,54-,55+,56+,57+,58-,59-,60-,61?,62+,63-,64-,65-,66+,67-,68-,69-,70+/m0/s1. The Labute approximate surface area is 708 Å². The highest BCUT2D eigenvalue weighted by molar-refractivity contribution is 5.75. The number of ether oxygens (including phenoxy) is 19. The zero-order valence-corrected chi connectivity index (χ0v) is 67.7. The van der Waals surface area contributed by atoms with Gasteiger partial charge >= 0.3 is 0 Å². The van der Waals surface area contributed by atoms with Crippen LogP contribution in [0.2, 0.25) is 0 Å². The number of nitrogens with one attached hydrogen (secondary N) is 5. The molecule has 0 spiro atoms. The smallest absolute Gasteiger partial charge is 0.217 e. The lowest BCUT2D eigenvalue weighted by Crippen LogP contribution is -2.71. The lowest BCUT2D eigenvalue weighted by Gasteiger charge is -2.51.